The lowest BCUT2D eigenvalue weighted by atomic mass is 9.95. The lowest BCUT2D eigenvalue weighted by Gasteiger charge is -2.12. The number of thioether (sulfide) groups is 1. The highest BCUT2D eigenvalue weighted by Crippen LogP contribution is 2.38. The number of anilines is 1. The molecule has 1 aromatic heterocycles. The Morgan fingerprint density at radius 3 is 2.75 bits per heavy atom. The Morgan fingerprint density at radius 1 is 1.21 bits per heavy atom. The molecule has 1 amide bonds. The fraction of sp³-hybridized carbons (Fsp3) is 0.400. The van der Waals surface area contributed by atoms with Crippen LogP contribution < -0.4 is 5.32 Å². The van der Waals surface area contributed by atoms with E-state index in [4.69, 9.17) is 27.9 Å². The minimum atomic E-state index is -0.347. The van der Waals surface area contributed by atoms with Crippen LogP contribution in [0.3, 0.4) is 0 Å². The van der Waals surface area contributed by atoms with Gasteiger partial charge < -0.3 is 10.1 Å². The van der Waals surface area contributed by atoms with Crippen molar-refractivity contribution in [3.05, 3.63) is 49.8 Å². The van der Waals surface area contributed by atoms with Crippen LogP contribution in [0.4, 0.5) is 5.00 Å². The molecule has 0 radical (unpaired) electrons. The van der Waals surface area contributed by atoms with E-state index in [-0.39, 0.29) is 17.6 Å². The lowest BCUT2D eigenvalue weighted by molar-refractivity contribution is -0.113. The number of nitrogens with one attached hydrogen (secondary N) is 1. The van der Waals surface area contributed by atoms with E-state index in [1.54, 1.807) is 19.1 Å². The summed E-state index contributed by atoms with van der Waals surface area (Å²) in [5.74, 6) is 0.455. The fourth-order valence-corrected chi connectivity index (χ4v) is 5.52. The van der Waals surface area contributed by atoms with E-state index in [1.165, 1.54) is 28.0 Å². The summed E-state index contributed by atoms with van der Waals surface area (Å²) < 4.78 is 5.22. The summed E-state index contributed by atoms with van der Waals surface area (Å²) >= 11 is 14.9. The van der Waals surface area contributed by atoms with Crippen molar-refractivity contribution in [2.45, 2.75) is 38.4 Å². The molecule has 1 aromatic carbocycles. The number of amides is 1. The number of carbonyl (C=O) groups is 2. The van der Waals surface area contributed by atoms with Gasteiger partial charge in [0, 0.05) is 10.6 Å². The van der Waals surface area contributed by atoms with E-state index in [1.807, 2.05) is 6.07 Å². The van der Waals surface area contributed by atoms with Crippen LogP contribution in [0.2, 0.25) is 10.0 Å². The Balaban J connectivity index is 1.63. The molecule has 8 heteroatoms. The Morgan fingerprint density at radius 2 is 2.00 bits per heavy atom. The first kappa shape index (κ1) is 21.5. The molecule has 150 valence electrons. The maximum atomic E-state index is 12.4. The van der Waals surface area contributed by atoms with Crippen molar-refractivity contribution >= 4 is 63.2 Å². The van der Waals surface area contributed by atoms with Gasteiger partial charge >= 0.3 is 5.97 Å². The van der Waals surface area contributed by atoms with E-state index in [0.29, 0.717) is 33.0 Å². The highest BCUT2D eigenvalue weighted by molar-refractivity contribution is 7.99. The summed E-state index contributed by atoms with van der Waals surface area (Å²) in [4.78, 5) is 26.1. The zero-order valence-corrected chi connectivity index (χ0v) is 18.6. The Labute approximate surface area is 182 Å². The molecule has 0 saturated heterocycles. The summed E-state index contributed by atoms with van der Waals surface area (Å²) in [5.41, 5.74) is 2.60. The predicted molar refractivity (Wildman–Crippen MR) is 118 cm³/mol. The molecule has 1 aliphatic carbocycles. The molecular formula is C20H21Cl2NO3S2. The van der Waals surface area contributed by atoms with Gasteiger partial charge in [-0.25, -0.2) is 4.79 Å². The van der Waals surface area contributed by atoms with Gasteiger partial charge in [0.15, 0.2) is 0 Å². The van der Waals surface area contributed by atoms with Gasteiger partial charge in [-0.05, 0) is 55.9 Å². The SMILES string of the molecule is CCOC(=O)c1c(NC(=O)CSCc2ccc(Cl)c(Cl)c2)sc2c1CCCC2. The normalized spacial score (nSPS) is 13.1. The molecule has 0 saturated carbocycles. The first-order valence-electron chi connectivity index (χ1n) is 9.12. The van der Waals surface area contributed by atoms with Crippen LogP contribution in [0.1, 0.15) is 46.1 Å². The average molecular weight is 458 g/mol. The fourth-order valence-electron chi connectivity index (χ4n) is 3.13. The van der Waals surface area contributed by atoms with E-state index in [9.17, 15) is 9.59 Å². The first-order valence-corrected chi connectivity index (χ1v) is 11.9. The number of thiophene rings is 1. The third-order valence-electron chi connectivity index (χ3n) is 4.39. The Kier molecular flexibility index (Phi) is 7.69. The van der Waals surface area contributed by atoms with Crippen LogP contribution in [-0.2, 0) is 28.1 Å². The number of halogens is 2. The highest BCUT2D eigenvalue weighted by Gasteiger charge is 2.27. The highest BCUT2D eigenvalue weighted by atomic mass is 35.5. The number of carbonyl (C=O) groups excluding carboxylic acids is 2. The molecular weight excluding hydrogens is 437 g/mol. The van der Waals surface area contributed by atoms with Crippen molar-refractivity contribution in [1.29, 1.82) is 0 Å². The molecule has 1 heterocycles. The average Bonchev–Trinajstić information content (AvgIpc) is 3.02. The van der Waals surface area contributed by atoms with E-state index in [2.05, 4.69) is 5.32 Å². The van der Waals surface area contributed by atoms with Crippen LogP contribution in [0.25, 0.3) is 0 Å². The number of fused-ring (bicyclic) bond motifs is 1. The van der Waals surface area contributed by atoms with Crippen LogP contribution in [0.15, 0.2) is 18.2 Å². The third-order valence-corrected chi connectivity index (χ3v) is 7.34. The number of ether oxygens (including phenoxy) is 1. The number of aryl methyl sites for hydroxylation is 1. The minimum absolute atomic E-state index is 0.130. The second-order valence-electron chi connectivity index (χ2n) is 6.42. The predicted octanol–water partition coefficient (Wildman–Crippen LogP) is 5.98. The maximum Gasteiger partial charge on any atom is 0.341 e. The molecule has 28 heavy (non-hydrogen) atoms. The van der Waals surface area contributed by atoms with Gasteiger partial charge in [-0.2, -0.15) is 0 Å². The summed E-state index contributed by atoms with van der Waals surface area (Å²) in [7, 11) is 0. The number of hydrogen-bond acceptors (Lipinski definition) is 5. The smallest absolute Gasteiger partial charge is 0.341 e. The number of rotatable bonds is 7. The zero-order chi connectivity index (χ0) is 20.1. The van der Waals surface area contributed by atoms with Crippen LogP contribution in [0, 0.1) is 0 Å². The molecule has 0 spiro atoms. The maximum absolute atomic E-state index is 12.4. The van der Waals surface area contributed by atoms with Gasteiger partial charge in [-0.3, -0.25) is 4.79 Å². The van der Waals surface area contributed by atoms with Crippen molar-refractivity contribution in [3.8, 4) is 0 Å². The van der Waals surface area contributed by atoms with E-state index >= 15 is 0 Å². The van der Waals surface area contributed by atoms with Gasteiger partial charge in [0.25, 0.3) is 0 Å². The van der Waals surface area contributed by atoms with Crippen LogP contribution >= 0.6 is 46.3 Å². The monoisotopic (exact) mass is 457 g/mol. The van der Waals surface area contributed by atoms with Crippen molar-refractivity contribution in [3.63, 3.8) is 0 Å². The second kappa shape index (κ2) is 10.0. The van der Waals surface area contributed by atoms with Gasteiger partial charge in [-0.15, -0.1) is 23.1 Å². The van der Waals surface area contributed by atoms with Crippen LogP contribution in [0.5, 0.6) is 0 Å². The third kappa shape index (κ3) is 5.23. The summed E-state index contributed by atoms with van der Waals surface area (Å²) in [5, 5.41) is 4.56. The minimum Gasteiger partial charge on any atom is -0.462 e. The molecule has 4 nitrogen and oxygen atoms in total. The lowest BCUT2D eigenvalue weighted by Crippen LogP contribution is -2.17. The topological polar surface area (TPSA) is 55.4 Å². The van der Waals surface area contributed by atoms with E-state index in [0.717, 1.165) is 36.8 Å². The number of hydrogen-bond donors (Lipinski definition) is 1. The van der Waals surface area contributed by atoms with Crippen molar-refractivity contribution in [1.82, 2.24) is 0 Å². The van der Waals surface area contributed by atoms with Crippen molar-refractivity contribution in [2.24, 2.45) is 0 Å². The Bertz CT molecular complexity index is 883. The largest absolute Gasteiger partial charge is 0.462 e. The molecule has 0 atom stereocenters. The molecule has 0 aliphatic heterocycles. The molecule has 1 aliphatic rings. The molecule has 1 N–H and O–H groups in total. The first-order chi connectivity index (χ1) is 13.5. The molecule has 0 unspecified atom stereocenters. The quantitative estimate of drug-likeness (QED) is 0.519. The molecule has 2 aromatic rings. The van der Waals surface area contributed by atoms with Gasteiger partial charge in [0.2, 0.25) is 5.91 Å². The van der Waals surface area contributed by atoms with Gasteiger partial charge in [0.05, 0.1) is 28.0 Å². The Hall–Kier alpha value is -1.21. The summed E-state index contributed by atoms with van der Waals surface area (Å²) in [6.45, 7) is 2.10. The molecule has 3 rings (SSSR count). The van der Waals surface area contributed by atoms with E-state index < -0.39 is 0 Å². The summed E-state index contributed by atoms with van der Waals surface area (Å²) in [6.07, 6.45) is 3.99. The molecule has 0 bridgehead atoms. The van der Waals surface area contributed by atoms with Crippen molar-refractivity contribution < 1.29 is 14.3 Å². The summed E-state index contributed by atoms with van der Waals surface area (Å²) in [6, 6.07) is 5.45. The van der Waals surface area contributed by atoms with Crippen molar-refractivity contribution in [2.75, 3.05) is 17.7 Å². The molecule has 0 fully saturated rings. The van der Waals surface area contributed by atoms with Gasteiger partial charge in [0.1, 0.15) is 5.00 Å². The number of benzene rings is 1. The second-order valence-corrected chi connectivity index (χ2v) is 9.33. The standard InChI is InChI=1S/C20H21Cl2NO3S2/c1-2-26-20(25)18-13-5-3-4-6-16(13)28-19(18)23-17(24)11-27-10-12-7-8-14(21)15(22)9-12/h7-9H,2-6,10-11H2,1H3,(H,23,24). The van der Waals surface area contributed by atoms with Gasteiger partial charge in [-0.1, -0.05) is 29.3 Å². The zero-order valence-electron chi connectivity index (χ0n) is 15.5. The van der Waals surface area contributed by atoms with Crippen LogP contribution in [-0.4, -0.2) is 24.2 Å². The number of esters is 1.